The molecule has 2 aromatic rings. The van der Waals surface area contributed by atoms with Crippen LogP contribution in [0.15, 0.2) is 48.5 Å². The number of methoxy groups -OCH3 is 1. The van der Waals surface area contributed by atoms with Crippen molar-refractivity contribution in [3.8, 4) is 0 Å². The van der Waals surface area contributed by atoms with E-state index in [2.05, 4.69) is 18.3 Å². The number of rotatable bonds is 3. The van der Waals surface area contributed by atoms with E-state index in [1.165, 1.54) is 7.11 Å². The van der Waals surface area contributed by atoms with E-state index in [0.29, 0.717) is 5.56 Å². The van der Waals surface area contributed by atoms with Crippen LogP contribution in [0.4, 0.5) is 11.4 Å². The maximum atomic E-state index is 12.0. The molecule has 0 bridgehead atoms. The number of carbonyl (C=O) groups is 2. The third-order valence-corrected chi connectivity index (χ3v) is 4.58. The Morgan fingerprint density at radius 1 is 1.12 bits per heavy atom. The molecule has 2 unspecified atom stereocenters. The summed E-state index contributed by atoms with van der Waals surface area (Å²) in [4.78, 5) is 25.4. The summed E-state index contributed by atoms with van der Waals surface area (Å²) in [5, 5.41) is 3.52. The van der Waals surface area contributed by atoms with Crippen LogP contribution in [0.5, 0.6) is 0 Å². The summed E-state index contributed by atoms with van der Waals surface area (Å²) in [7, 11) is 1.37. The molecule has 5 nitrogen and oxygen atoms in total. The van der Waals surface area contributed by atoms with E-state index < -0.39 is 0 Å². The highest BCUT2D eigenvalue weighted by Gasteiger charge is 2.31. The van der Waals surface area contributed by atoms with Crippen molar-refractivity contribution in [1.82, 2.24) is 0 Å². The Labute approximate surface area is 147 Å². The average Bonchev–Trinajstić information content (AvgIpc) is 2.61. The molecule has 5 heteroatoms. The Bertz CT molecular complexity index is 786. The van der Waals surface area contributed by atoms with Gasteiger partial charge in [-0.25, -0.2) is 4.79 Å². The number of nitrogens with one attached hydrogen (secondary N) is 1. The van der Waals surface area contributed by atoms with Crippen molar-refractivity contribution in [2.75, 3.05) is 17.3 Å². The van der Waals surface area contributed by atoms with Crippen molar-refractivity contribution < 1.29 is 14.3 Å². The molecule has 0 radical (unpaired) electrons. The molecule has 1 aliphatic heterocycles. The molecule has 0 aliphatic carbocycles. The molecule has 0 saturated heterocycles. The molecule has 1 amide bonds. The first-order valence-corrected chi connectivity index (χ1v) is 8.35. The third kappa shape index (κ3) is 3.36. The second-order valence-electron chi connectivity index (χ2n) is 6.30. The van der Waals surface area contributed by atoms with Gasteiger partial charge in [0.05, 0.1) is 18.7 Å². The van der Waals surface area contributed by atoms with Gasteiger partial charge in [0.25, 0.3) is 0 Å². The fourth-order valence-corrected chi connectivity index (χ4v) is 3.45. The van der Waals surface area contributed by atoms with Crippen LogP contribution >= 0.6 is 0 Å². The van der Waals surface area contributed by atoms with Gasteiger partial charge in [0.2, 0.25) is 5.91 Å². The monoisotopic (exact) mass is 338 g/mol. The van der Waals surface area contributed by atoms with E-state index in [4.69, 9.17) is 4.74 Å². The van der Waals surface area contributed by atoms with E-state index in [0.717, 1.165) is 23.4 Å². The molecular weight excluding hydrogens is 316 g/mol. The second kappa shape index (κ2) is 6.97. The Morgan fingerprint density at radius 3 is 2.44 bits per heavy atom. The lowest BCUT2D eigenvalue weighted by Crippen LogP contribution is -2.43. The first kappa shape index (κ1) is 17.0. The summed E-state index contributed by atoms with van der Waals surface area (Å²) in [6, 6.07) is 15.4. The maximum absolute atomic E-state index is 12.0. The third-order valence-electron chi connectivity index (χ3n) is 4.58. The molecule has 2 aromatic carbocycles. The van der Waals surface area contributed by atoms with Crippen LogP contribution in [0.25, 0.3) is 0 Å². The maximum Gasteiger partial charge on any atom is 0.337 e. The lowest BCUT2D eigenvalue weighted by molar-refractivity contribution is -0.117. The number of nitrogens with zero attached hydrogens (tertiary/aromatic N) is 1. The summed E-state index contributed by atoms with van der Waals surface area (Å²) >= 11 is 0. The predicted molar refractivity (Wildman–Crippen MR) is 97.8 cm³/mol. The van der Waals surface area contributed by atoms with Gasteiger partial charge < -0.3 is 15.0 Å². The van der Waals surface area contributed by atoms with E-state index in [1.54, 1.807) is 19.1 Å². The van der Waals surface area contributed by atoms with E-state index in [1.807, 2.05) is 35.2 Å². The van der Waals surface area contributed by atoms with Crippen LogP contribution in [0, 0.1) is 0 Å². The first-order valence-electron chi connectivity index (χ1n) is 8.35. The van der Waals surface area contributed by atoms with Crippen molar-refractivity contribution in [3.63, 3.8) is 0 Å². The molecule has 0 aromatic heterocycles. The predicted octanol–water partition coefficient (Wildman–Crippen LogP) is 3.77. The summed E-state index contributed by atoms with van der Waals surface area (Å²) in [5.74, 6) is -0.291. The Kier molecular flexibility index (Phi) is 4.74. The van der Waals surface area contributed by atoms with Gasteiger partial charge in [-0.3, -0.25) is 4.79 Å². The topological polar surface area (TPSA) is 58.6 Å². The molecule has 1 N–H and O–H groups in total. The van der Waals surface area contributed by atoms with Crippen molar-refractivity contribution in [1.29, 1.82) is 0 Å². The van der Waals surface area contributed by atoms with Crippen LogP contribution in [-0.4, -0.2) is 25.0 Å². The van der Waals surface area contributed by atoms with Gasteiger partial charge in [-0.1, -0.05) is 18.2 Å². The van der Waals surface area contributed by atoms with Crippen LogP contribution in [0.1, 0.15) is 42.2 Å². The standard InChI is InChI=1S/C20H22N2O3/c1-13-12-18(17-6-4-5-7-19(17)22(13)14(2)23)21-16-10-8-15(9-11-16)20(24)25-3/h4-11,13,18,21H,12H2,1-3H3. The quantitative estimate of drug-likeness (QED) is 0.866. The minimum atomic E-state index is -0.347. The number of ether oxygens (including phenoxy) is 1. The summed E-state index contributed by atoms with van der Waals surface area (Å²) < 4.78 is 4.72. The van der Waals surface area contributed by atoms with Gasteiger partial charge in [-0.2, -0.15) is 0 Å². The molecule has 3 rings (SSSR count). The minimum absolute atomic E-state index is 0.0563. The van der Waals surface area contributed by atoms with Gasteiger partial charge >= 0.3 is 5.97 Å². The molecule has 1 aliphatic rings. The Balaban J connectivity index is 1.86. The summed E-state index contributed by atoms with van der Waals surface area (Å²) in [6.07, 6.45) is 0.815. The number of hydrogen-bond donors (Lipinski definition) is 1. The van der Waals surface area contributed by atoms with Crippen LogP contribution in [0.2, 0.25) is 0 Å². The number of benzene rings is 2. The molecule has 2 atom stereocenters. The molecule has 25 heavy (non-hydrogen) atoms. The van der Waals surface area contributed by atoms with Crippen molar-refractivity contribution >= 4 is 23.3 Å². The van der Waals surface area contributed by atoms with Gasteiger partial charge in [0.1, 0.15) is 0 Å². The molecule has 0 spiro atoms. The Hall–Kier alpha value is -2.82. The number of amides is 1. The summed E-state index contributed by atoms with van der Waals surface area (Å²) in [6.45, 7) is 3.67. The smallest absolute Gasteiger partial charge is 0.337 e. The molecular formula is C20H22N2O3. The SMILES string of the molecule is COC(=O)c1ccc(NC2CC(C)N(C(C)=O)c3ccccc32)cc1. The molecule has 0 fully saturated rings. The van der Waals surface area contributed by atoms with Crippen molar-refractivity contribution in [3.05, 3.63) is 59.7 Å². The molecule has 130 valence electrons. The van der Waals surface area contributed by atoms with Gasteiger partial charge in [0.15, 0.2) is 0 Å². The Morgan fingerprint density at radius 2 is 1.80 bits per heavy atom. The minimum Gasteiger partial charge on any atom is -0.465 e. The number of anilines is 2. The first-order chi connectivity index (χ1) is 12.0. The van der Waals surface area contributed by atoms with Crippen LogP contribution in [0.3, 0.4) is 0 Å². The molecule has 0 saturated carbocycles. The number of carbonyl (C=O) groups excluding carboxylic acids is 2. The second-order valence-corrected chi connectivity index (χ2v) is 6.30. The number of para-hydroxylation sites is 1. The van der Waals surface area contributed by atoms with Crippen molar-refractivity contribution in [2.24, 2.45) is 0 Å². The lowest BCUT2D eigenvalue weighted by Gasteiger charge is -2.39. The zero-order chi connectivity index (χ0) is 18.0. The lowest BCUT2D eigenvalue weighted by atomic mass is 9.91. The normalized spacial score (nSPS) is 19.1. The average molecular weight is 338 g/mol. The number of hydrogen-bond acceptors (Lipinski definition) is 4. The zero-order valence-electron chi connectivity index (χ0n) is 14.7. The number of fused-ring (bicyclic) bond motifs is 1. The van der Waals surface area contributed by atoms with Gasteiger partial charge in [-0.05, 0) is 49.2 Å². The van der Waals surface area contributed by atoms with E-state index in [-0.39, 0.29) is 24.0 Å². The van der Waals surface area contributed by atoms with Crippen LogP contribution < -0.4 is 10.2 Å². The zero-order valence-corrected chi connectivity index (χ0v) is 14.7. The highest BCUT2D eigenvalue weighted by molar-refractivity contribution is 5.94. The largest absolute Gasteiger partial charge is 0.465 e. The van der Waals surface area contributed by atoms with Crippen LogP contribution in [-0.2, 0) is 9.53 Å². The molecule has 1 heterocycles. The summed E-state index contributed by atoms with van der Waals surface area (Å²) in [5.41, 5.74) is 3.51. The van der Waals surface area contributed by atoms with Crippen molar-refractivity contribution in [2.45, 2.75) is 32.4 Å². The highest BCUT2D eigenvalue weighted by atomic mass is 16.5. The van der Waals surface area contributed by atoms with Gasteiger partial charge in [0, 0.05) is 24.3 Å². The fraction of sp³-hybridized carbons (Fsp3) is 0.300. The number of esters is 1. The van der Waals surface area contributed by atoms with E-state index in [9.17, 15) is 9.59 Å². The highest BCUT2D eigenvalue weighted by Crippen LogP contribution is 2.38. The van der Waals surface area contributed by atoms with E-state index >= 15 is 0 Å². The fourth-order valence-electron chi connectivity index (χ4n) is 3.45. The van der Waals surface area contributed by atoms with Gasteiger partial charge in [-0.15, -0.1) is 0 Å².